The summed E-state index contributed by atoms with van der Waals surface area (Å²) in [4.78, 5) is 0. The molecule has 1 aliphatic rings. The van der Waals surface area contributed by atoms with E-state index in [-0.39, 0.29) is 0 Å². The van der Waals surface area contributed by atoms with Gasteiger partial charge in [0.15, 0.2) is 0 Å². The summed E-state index contributed by atoms with van der Waals surface area (Å²) in [6.45, 7) is 2.00. The molecule has 0 amide bonds. The third-order valence-electron chi connectivity index (χ3n) is 1.27. The Morgan fingerprint density at radius 2 is 1.08 bits per heavy atom. The Kier molecular flexibility index (Phi) is 7.82. The average Bonchev–Trinajstić information content (AvgIpc) is 2.11. The van der Waals surface area contributed by atoms with Crippen LogP contribution in [0.5, 0.6) is 0 Å². The molecule has 13 heavy (non-hydrogen) atoms. The zero-order valence-electron chi connectivity index (χ0n) is 7.56. The lowest BCUT2D eigenvalue weighted by atomic mass is 11.9. The standard InChI is InChI=1S/CH14O6Si6/c1-13-6-11-4-9-2-8-3-10-5-12-7-13/h13H,8-12H2,1H3. The van der Waals surface area contributed by atoms with Gasteiger partial charge in [0.25, 0.3) is 59.3 Å². The van der Waals surface area contributed by atoms with Gasteiger partial charge in [-0.15, -0.1) is 0 Å². The first-order chi connectivity index (χ1) is 6.39. The monoisotopic (exact) mass is 290 g/mol. The lowest BCUT2D eigenvalue weighted by Crippen LogP contribution is -2.29. The number of rotatable bonds is 0. The van der Waals surface area contributed by atoms with E-state index in [1.165, 1.54) is 0 Å². The van der Waals surface area contributed by atoms with Crippen LogP contribution in [0.3, 0.4) is 0 Å². The molecule has 0 unspecified atom stereocenters. The van der Waals surface area contributed by atoms with Gasteiger partial charge in [-0.3, -0.25) is 0 Å². The van der Waals surface area contributed by atoms with Crippen LogP contribution in [-0.2, 0) is 24.7 Å². The summed E-state index contributed by atoms with van der Waals surface area (Å²) in [5.41, 5.74) is 0. The quantitative estimate of drug-likeness (QED) is 0.416. The van der Waals surface area contributed by atoms with Crippen molar-refractivity contribution in [3.63, 3.8) is 0 Å². The van der Waals surface area contributed by atoms with E-state index in [0.29, 0.717) is 0 Å². The smallest absolute Gasteiger partial charge is 0.299 e. The second kappa shape index (κ2) is 8.38. The Balaban J connectivity index is 2.11. The first kappa shape index (κ1) is 12.1. The summed E-state index contributed by atoms with van der Waals surface area (Å²) >= 11 is 0. The molecule has 12 heteroatoms. The molecule has 0 saturated carbocycles. The highest BCUT2D eigenvalue weighted by molar-refractivity contribution is 6.58. The fourth-order valence-corrected chi connectivity index (χ4v) is 11.6. The van der Waals surface area contributed by atoms with Gasteiger partial charge in [-0.25, -0.2) is 0 Å². The predicted octanol–water partition coefficient (Wildman–Crippen LogP) is -5.06. The molecular weight excluding hydrogens is 277 g/mol. The minimum absolute atomic E-state index is 0.808. The van der Waals surface area contributed by atoms with Gasteiger partial charge in [-0.1, -0.05) is 0 Å². The van der Waals surface area contributed by atoms with Gasteiger partial charge in [-0.2, -0.15) is 0 Å². The van der Waals surface area contributed by atoms with E-state index < -0.39 is 59.3 Å². The molecule has 0 atom stereocenters. The molecule has 0 aromatic heterocycles. The van der Waals surface area contributed by atoms with Crippen LogP contribution in [0.2, 0.25) is 6.55 Å². The Hall–Kier alpha value is 1.06. The average molecular weight is 291 g/mol. The Labute approximate surface area is 90.7 Å². The second-order valence-corrected chi connectivity index (χ2v) is 13.8. The van der Waals surface area contributed by atoms with Crippen LogP contribution < -0.4 is 0 Å². The van der Waals surface area contributed by atoms with Gasteiger partial charge in [0.05, 0.1) is 0 Å². The van der Waals surface area contributed by atoms with Crippen molar-refractivity contribution in [1.29, 1.82) is 0 Å². The zero-order chi connectivity index (χ0) is 9.36. The SMILES string of the molecule is C[SiH]1O[SiH2]O[SiH2]O[SiH2]O[SiH2]O[SiH2]O1. The molecule has 0 aromatic carbocycles. The topological polar surface area (TPSA) is 55.4 Å². The van der Waals surface area contributed by atoms with E-state index in [2.05, 4.69) is 0 Å². The maximum absolute atomic E-state index is 5.45. The van der Waals surface area contributed by atoms with Gasteiger partial charge in [0.2, 0.25) is 0 Å². The Morgan fingerprint density at radius 3 is 1.54 bits per heavy atom. The molecule has 6 nitrogen and oxygen atoms in total. The first-order valence-electron chi connectivity index (χ1n) is 3.94. The molecule has 0 N–H and O–H groups in total. The van der Waals surface area contributed by atoms with Crippen LogP contribution in [0.15, 0.2) is 0 Å². The number of hydrogen-bond acceptors (Lipinski definition) is 6. The second-order valence-electron chi connectivity index (χ2n) is 2.31. The van der Waals surface area contributed by atoms with Crippen molar-refractivity contribution in [2.75, 3.05) is 0 Å². The molecule has 0 spiro atoms. The van der Waals surface area contributed by atoms with Crippen molar-refractivity contribution in [3.05, 3.63) is 0 Å². The van der Waals surface area contributed by atoms with Crippen LogP contribution in [0.1, 0.15) is 0 Å². The normalized spacial score (nSPS) is 38.1. The summed E-state index contributed by atoms with van der Waals surface area (Å²) in [6.07, 6.45) is 0. The fraction of sp³-hybridized carbons (Fsp3) is 1.00. The minimum Gasteiger partial charge on any atom is -0.425 e. The molecule has 0 aromatic rings. The lowest BCUT2D eigenvalue weighted by Gasteiger charge is -2.15. The summed E-state index contributed by atoms with van der Waals surface area (Å²) in [7, 11) is -5.56. The molecule has 1 rings (SSSR count). The van der Waals surface area contributed by atoms with E-state index in [0.717, 1.165) is 0 Å². The van der Waals surface area contributed by atoms with E-state index in [1.807, 2.05) is 6.55 Å². The van der Waals surface area contributed by atoms with Crippen molar-refractivity contribution in [3.8, 4) is 0 Å². The van der Waals surface area contributed by atoms with Gasteiger partial charge in [0.1, 0.15) is 0 Å². The van der Waals surface area contributed by atoms with E-state index >= 15 is 0 Å². The third kappa shape index (κ3) is 7.04. The Morgan fingerprint density at radius 1 is 0.692 bits per heavy atom. The first-order valence-corrected chi connectivity index (χ1v) is 11.8. The molecule has 0 bridgehead atoms. The lowest BCUT2D eigenvalue weighted by molar-refractivity contribution is 0.338. The van der Waals surface area contributed by atoms with E-state index in [9.17, 15) is 0 Å². The van der Waals surface area contributed by atoms with Crippen molar-refractivity contribution in [2.24, 2.45) is 0 Å². The number of hydrogen-bond donors (Lipinski definition) is 0. The maximum Gasteiger partial charge on any atom is 0.299 e. The van der Waals surface area contributed by atoms with E-state index in [4.69, 9.17) is 24.7 Å². The van der Waals surface area contributed by atoms with Gasteiger partial charge in [-0.05, 0) is 6.55 Å². The van der Waals surface area contributed by atoms with Crippen molar-refractivity contribution >= 4 is 59.3 Å². The van der Waals surface area contributed by atoms with Gasteiger partial charge < -0.3 is 24.7 Å². The van der Waals surface area contributed by atoms with Crippen LogP contribution in [0, 0.1) is 0 Å². The zero-order valence-corrected chi connectivity index (χ0v) is 15.8. The Bertz CT molecular complexity index is 112. The predicted molar refractivity (Wildman–Crippen MR) is 62.2 cm³/mol. The molecule has 1 saturated heterocycles. The molecule has 0 radical (unpaired) electrons. The van der Waals surface area contributed by atoms with Crippen LogP contribution in [0.25, 0.3) is 0 Å². The fourth-order valence-electron chi connectivity index (χ4n) is 0.649. The molecule has 1 aliphatic heterocycles. The van der Waals surface area contributed by atoms with Crippen molar-refractivity contribution in [1.82, 2.24) is 0 Å². The van der Waals surface area contributed by atoms with Gasteiger partial charge in [0, 0.05) is 0 Å². The summed E-state index contributed by atoms with van der Waals surface area (Å²) in [6, 6.07) is 0. The summed E-state index contributed by atoms with van der Waals surface area (Å²) in [5, 5.41) is 0. The van der Waals surface area contributed by atoms with Crippen molar-refractivity contribution < 1.29 is 24.7 Å². The maximum atomic E-state index is 5.45. The third-order valence-corrected chi connectivity index (χ3v) is 11.4. The van der Waals surface area contributed by atoms with Crippen molar-refractivity contribution in [2.45, 2.75) is 6.55 Å². The van der Waals surface area contributed by atoms with Crippen LogP contribution >= 0.6 is 0 Å². The highest BCUT2D eigenvalue weighted by Crippen LogP contribution is 1.88. The van der Waals surface area contributed by atoms with E-state index in [1.54, 1.807) is 0 Å². The van der Waals surface area contributed by atoms with Crippen LogP contribution in [-0.4, -0.2) is 59.3 Å². The van der Waals surface area contributed by atoms with Gasteiger partial charge >= 0.3 is 0 Å². The highest BCUT2D eigenvalue weighted by atomic mass is 28.4. The molecule has 78 valence electrons. The summed E-state index contributed by atoms with van der Waals surface area (Å²) < 4.78 is 32.1. The highest BCUT2D eigenvalue weighted by Gasteiger charge is 2.06. The molecule has 1 heterocycles. The largest absolute Gasteiger partial charge is 0.425 e. The summed E-state index contributed by atoms with van der Waals surface area (Å²) in [5.74, 6) is 0. The molecule has 1 fully saturated rings. The van der Waals surface area contributed by atoms with Crippen LogP contribution in [0.4, 0.5) is 0 Å². The molecular formula is CH14O6Si6. The minimum atomic E-state index is -1.43. The molecule has 0 aliphatic carbocycles.